The van der Waals surface area contributed by atoms with Crippen LogP contribution in [-0.2, 0) is 24.9 Å². The number of carboxylic acids is 1. The quantitative estimate of drug-likeness (QED) is 0.439. The van der Waals surface area contributed by atoms with E-state index in [1.807, 2.05) is 0 Å². The molecule has 1 rings (SSSR count). The lowest BCUT2D eigenvalue weighted by atomic mass is 9.90. The van der Waals surface area contributed by atoms with Crippen LogP contribution in [0.3, 0.4) is 0 Å². The van der Waals surface area contributed by atoms with E-state index in [0.717, 1.165) is 12.1 Å². The second-order valence-corrected chi connectivity index (χ2v) is 10.5. The molecule has 0 heterocycles. The van der Waals surface area contributed by atoms with Crippen molar-refractivity contribution in [2.45, 2.75) is 57.0 Å². The molecule has 0 saturated heterocycles. The Morgan fingerprint density at radius 2 is 1.71 bits per heavy atom. The third-order valence-electron chi connectivity index (χ3n) is 4.24. The largest absolute Gasteiger partial charge is 0.480 e. The number of alkyl carbamates (subject to hydrolysis) is 1. The van der Waals surface area contributed by atoms with Crippen molar-refractivity contribution in [3.8, 4) is 0 Å². The van der Waals surface area contributed by atoms with E-state index in [2.05, 4.69) is 5.32 Å². The van der Waals surface area contributed by atoms with Crippen LogP contribution in [-0.4, -0.2) is 55.8 Å². The van der Waals surface area contributed by atoms with Gasteiger partial charge in [-0.1, -0.05) is 30.3 Å². The van der Waals surface area contributed by atoms with Crippen molar-refractivity contribution in [3.05, 3.63) is 35.9 Å². The fourth-order valence-corrected chi connectivity index (χ4v) is 4.04. The van der Waals surface area contributed by atoms with Gasteiger partial charge >= 0.3 is 18.2 Å². The first-order valence-corrected chi connectivity index (χ1v) is 11.2. The molecule has 4 N–H and O–H groups in total. The molecule has 1 amide bonds. The number of ether oxygens (including phenoxy) is 1. The third kappa shape index (κ3) is 8.37. The van der Waals surface area contributed by atoms with Crippen LogP contribution in [0.15, 0.2) is 30.3 Å². The summed E-state index contributed by atoms with van der Waals surface area (Å²) < 4.78 is 65.8. The van der Waals surface area contributed by atoms with E-state index in [9.17, 15) is 37.2 Å². The van der Waals surface area contributed by atoms with E-state index in [4.69, 9.17) is 9.52 Å². The number of amides is 1. The van der Waals surface area contributed by atoms with Gasteiger partial charge in [-0.15, -0.1) is 0 Å². The second kappa shape index (κ2) is 9.86. The molecule has 0 aromatic heterocycles. The molecule has 0 aliphatic carbocycles. The molecule has 12 heteroatoms. The number of nitrogens with one attached hydrogen (secondary N) is 2. The van der Waals surface area contributed by atoms with Gasteiger partial charge in [-0.05, 0) is 32.8 Å². The number of rotatable bonds is 9. The summed E-state index contributed by atoms with van der Waals surface area (Å²) >= 11 is 0. The van der Waals surface area contributed by atoms with Crippen LogP contribution in [0.1, 0.15) is 39.2 Å². The van der Waals surface area contributed by atoms with E-state index in [1.165, 1.54) is 18.2 Å². The predicted molar refractivity (Wildman–Crippen MR) is 107 cm³/mol. The Hall–Kier alpha value is -2.34. The Balaban J connectivity index is 2.84. The molecule has 0 bridgehead atoms. The summed E-state index contributed by atoms with van der Waals surface area (Å²) in [5, 5.41) is 21.6. The maximum absolute atomic E-state index is 13.5. The Morgan fingerprint density at radius 1 is 1.16 bits per heavy atom. The number of hydrogen-bond donors (Lipinski definition) is 4. The van der Waals surface area contributed by atoms with Crippen LogP contribution in [0.5, 0.6) is 0 Å². The Bertz CT molecular complexity index is 869. The van der Waals surface area contributed by atoms with E-state index in [-0.39, 0.29) is 0 Å². The molecule has 1 aromatic carbocycles. The zero-order valence-corrected chi connectivity index (χ0v) is 18.2. The summed E-state index contributed by atoms with van der Waals surface area (Å²) in [7, 11) is -3.70. The minimum atomic E-state index is -5.08. The number of benzene rings is 1. The van der Waals surface area contributed by atoms with Gasteiger partial charge in [0, 0.05) is 27.7 Å². The molecule has 0 aliphatic heterocycles. The highest BCUT2D eigenvalue weighted by atomic mass is 32.2. The van der Waals surface area contributed by atoms with Crippen LogP contribution in [0.2, 0.25) is 0 Å². The summed E-state index contributed by atoms with van der Waals surface area (Å²) in [6.45, 7) is 4.69. The number of aliphatic carboxylic acids is 1. The predicted octanol–water partition coefficient (Wildman–Crippen LogP) is 3.24. The van der Waals surface area contributed by atoms with Crippen LogP contribution in [0.4, 0.5) is 18.0 Å². The number of carboxylic acid groups (broad SMARTS) is 1. The average molecular weight is 468 g/mol. The van der Waals surface area contributed by atoms with Crippen LogP contribution >= 0.6 is 0 Å². The van der Waals surface area contributed by atoms with E-state index >= 15 is 0 Å². The lowest BCUT2D eigenvalue weighted by Crippen LogP contribution is -2.45. The van der Waals surface area contributed by atoms with Gasteiger partial charge in [0.05, 0.1) is 0 Å². The lowest BCUT2D eigenvalue weighted by Gasteiger charge is -2.31. The van der Waals surface area contributed by atoms with E-state index < -0.39 is 75.1 Å². The fraction of sp³-hybridized carbons (Fsp3) is 0.579. The molecule has 0 aliphatic rings. The van der Waals surface area contributed by atoms with Crippen molar-refractivity contribution in [3.63, 3.8) is 0 Å². The highest BCUT2D eigenvalue weighted by Gasteiger charge is 2.54. The number of carbonyl (C=O) groups excluding carboxylic acids is 1. The summed E-state index contributed by atoms with van der Waals surface area (Å²) in [5.74, 6) is -2.89. The maximum Gasteiger partial charge on any atom is 0.421 e. The van der Waals surface area contributed by atoms with Crippen molar-refractivity contribution in [1.82, 2.24) is 5.32 Å². The topological polar surface area (TPSA) is 137 Å². The minimum Gasteiger partial charge on any atom is -0.480 e. The van der Waals surface area contributed by atoms with Crippen LogP contribution in [0.25, 0.3) is 0 Å². The highest BCUT2D eigenvalue weighted by Crippen LogP contribution is 2.41. The van der Waals surface area contributed by atoms with Gasteiger partial charge in [-0.25, -0.2) is 13.8 Å². The number of aliphatic hydroxyl groups is 1. The maximum atomic E-state index is 13.5. The smallest absolute Gasteiger partial charge is 0.421 e. The number of halogens is 3. The third-order valence-corrected chi connectivity index (χ3v) is 6.00. The van der Waals surface area contributed by atoms with Gasteiger partial charge in [0.25, 0.3) is 0 Å². The van der Waals surface area contributed by atoms with Gasteiger partial charge in [0.1, 0.15) is 11.6 Å². The molecular formula is C19H27F3N2O6S. The Labute approximate surface area is 178 Å². The van der Waals surface area contributed by atoms with Gasteiger partial charge in [-0.3, -0.25) is 4.78 Å². The molecule has 3 atom stereocenters. The first-order valence-electron chi connectivity index (χ1n) is 9.28. The van der Waals surface area contributed by atoms with Crippen LogP contribution < -0.4 is 5.32 Å². The highest BCUT2D eigenvalue weighted by molar-refractivity contribution is 7.92. The summed E-state index contributed by atoms with van der Waals surface area (Å²) in [5.41, 5.74) is -4.65. The molecule has 0 unspecified atom stereocenters. The molecule has 0 radical (unpaired) electrons. The molecule has 31 heavy (non-hydrogen) atoms. The van der Waals surface area contributed by atoms with Gasteiger partial charge in [0.2, 0.25) is 0 Å². The summed E-state index contributed by atoms with van der Waals surface area (Å²) in [6, 6.07) is 4.69. The first kappa shape index (κ1) is 26.7. The fourth-order valence-electron chi connectivity index (χ4n) is 2.59. The van der Waals surface area contributed by atoms with E-state index in [0.29, 0.717) is 0 Å². The molecule has 8 nitrogen and oxygen atoms in total. The van der Waals surface area contributed by atoms with Crippen molar-refractivity contribution in [2.24, 2.45) is 0 Å². The van der Waals surface area contributed by atoms with Crippen LogP contribution in [0, 0.1) is 4.78 Å². The summed E-state index contributed by atoms with van der Waals surface area (Å²) in [4.78, 5) is 23.1. The second-order valence-electron chi connectivity index (χ2n) is 8.02. The Kier molecular flexibility index (Phi) is 8.49. The van der Waals surface area contributed by atoms with Gasteiger partial charge in [0.15, 0.2) is 5.60 Å². The normalized spacial score (nSPS) is 17.1. The molecule has 1 aromatic rings. The van der Waals surface area contributed by atoms with E-state index in [1.54, 1.807) is 20.8 Å². The molecule has 0 fully saturated rings. The molecular weight excluding hydrogens is 441 g/mol. The standard InChI is InChI=1S/C19H27F3N2O6S/c1-17(2,3)30-16(27)24-14(15(25)26)9-11-31(23,29)12-10-18(28,19(20,21)22)13-7-5-4-6-8-13/h4-8,14,23,28H,9-12H2,1-3H3,(H,24,27)(H,25,26)/t14-,18-,31+/m0/s1. The molecule has 0 spiro atoms. The minimum absolute atomic E-state index is 0.451. The SMILES string of the molecule is CC(C)(C)OC(=O)N[C@@H](CC[S@@](=N)(=O)CC[C@](O)(c1ccccc1)C(F)(F)F)C(=O)O. The average Bonchev–Trinajstić information content (AvgIpc) is 2.61. The van der Waals surface area contributed by atoms with Crippen molar-refractivity contribution < 1.29 is 41.9 Å². The molecule has 176 valence electrons. The zero-order chi connectivity index (χ0) is 24.1. The summed E-state index contributed by atoms with van der Waals surface area (Å²) in [6.07, 6.45) is -7.62. The number of alkyl halides is 3. The number of hydrogen-bond acceptors (Lipinski definition) is 6. The zero-order valence-electron chi connectivity index (χ0n) is 17.4. The first-order chi connectivity index (χ1) is 14.0. The monoisotopic (exact) mass is 468 g/mol. The van der Waals surface area contributed by atoms with Gasteiger partial charge in [-0.2, -0.15) is 13.2 Å². The Morgan fingerprint density at radius 3 is 2.16 bits per heavy atom. The van der Waals surface area contributed by atoms with Gasteiger partial charge < -0.3 is 20.3 Å². The van der Waals surface area contributed by atoms with Crippen molar-refractivity contribution in [1.29, 1.82) is 4.78 Å². The lowest BCUT2D eigenvalue weighted by molar-refractivity contribution is -0.267. The number of carbonyl (C=O) groups is 2. The molecule has 0 saturated carbocycles. The van der Waals surface area contributed by atoms with Crippen molar-refractivity contribution >= 4 is 21.8 Å². The van der Waals surface area contributed by atoms with Crippen molar-refractivity contribution in [2.75, 3.05) is 11.5 Å².